The molecule has 1 aliphatic heterocycles. The third kappa shape index (κ3) is 5.61. The third-order valence-corrected chi connectivity index (χ3v) is 5.31. The molecule has 2 aromatic rings. The summed E-state index contributed by atoms with van der Waals surface area (Å²) in [6.45, 7) is 3.91. The average Bonchev–Trinajstić information content (AvgIpc) is 2.73. The fourth-order valence-electron chi connectivity index (χ4n) is 3.39. The standard InChI is InChI=1S/C21H26ClN3O4/c22-18-13-17(29-12-11-26)5-6-19(18)25-9-7-24(8-10-25)14-20(27)15-1-3-16(4-2-15)21(23)28/h1-6,13,20,26-27H,7-12,14H2,(H2,23,28). The van der Waals surface area contributed by atoms with Crippen molar-refractivity contribution in [2.45, 2.75) is 6.10 Å². The number of benzene rings is 2. The Balaban J connectivity index is 1.53. The highest BCUT2D eigenvalue weighted by Gasteiger charge is 2.21. The van der Waals surface area contributed by atoms with Crippen LogP contribution in [0.3, 0.4) is 0 Å². The zero-order valence-electron chi connectivity index (χ0n) is 16.1. The Bertz CT molecular complexity index is 823. The van der Waals surface area contributed by atoms with Gasteiger partial charge < -0.3 is 25.6 Å². The predicted octanol–water partition coefficient (Wildman–Crippen LogP) is 1.67. The summed E-state index contributed by atoms with van der Waals surface area (Å²) in [5.41, 5.74) is 7.39. The van der Waals surface area contributed by atoms with Crippen molar-refractivity contribution in [3.63, 3.8) is 0 Å². The van der Waals surface area contributed by atoms with Gasteiger partial charge in [-0.1, -0.05) is 23.7 Å². The first-order valence-electron chi connectivity index (χ1n) is 9.56. The van der Waals surface area contributed by atoms with Gasteiger partial charge in [0.15, 0.2) is 0 Å². The fourth-order valence-corrected chi connectivity index (χ4v) is 3.68. The maximum absolute atomic E-state index is 11.2. The number of amides is 1. The summed E-state index contributed by atoms with van der Waals surface area (Å²) in [5, 5.41) is 20.0. The van der Waals surface area contributed by atoms with Crippen LogP contribution in [0.15, 0.2) is 42.5 Å². The number of aliphatic hydroxyl groups is 2. The highest BCUT2D eigenvalue weighted by atomic mass is 35.5. The Morgan fingerprint density at radius 3 is 2.41 bits per heavy atom. The number of carbonyl (C=O) groups is 1. The summed E-state index contributed by atoms with van der Waals surface area (Å²) in [6.07, 6.45) is -0.630. The Morgan fingerprint density at radius 2 is 1.83 bits per heavy atom. The number of nitrogens with two attached hydrogens (primary N) is 1. The molecule has 2 aromatic carbocycles. The van der Waals surface area contributed by atoms with Gasteiger partial charge in [-0.3, -0.25) is 9.69 Å². The summed E-state index contributed by atoms with van der Waals surface area (Å²) >= 11 is 6.41. The van der Waals surface area contributed by atoms with Crippen molar-refractivity contribution < 1.29 is 19.7 Å². The highest BCUT2D eigenvalue weighted by molar-refractivity contribution is 6.33. The van der Waals surface area contributed by atoms with Gasteiger partial charge in [-0.05, 0) is 29.8 Å². The maximum Gasteiger partial charge on any atom is 0.248 e. The number of ether oxygens (including phenoxy) is 1. The minimum Gasteiger partial charge on any atom is -0.491 e. The van der Waals surface area contributed by atoms with Gasteiger partial charge >= 0.3 is 0 Å². The van der Waals surface area contributed by atoms with Crippen molar-refractivity contribution in [3.8, 4) is 5.75 Å². The lowest BCUT2D eigenvalue weighted by Crippen LogP contribution is -2.47. The topological polar surface area (TPSA) is 99.3 Å². The second-order valence-electron chi connectivity index (χ2n) is 6.97. The first-order chi connectivity index (χ1) is 14.0. The van der Waals surface area contributed by atoms with Crippen LogP contribution in [0.2, 0.25) is 5.02 Å². The van der Waals surface area contributed by atoms with E-state index in [9.17, 15) is 9.90 Å². The lowest BCUT2D eigenvalue weighted by molar-refractivity contribution is 0.0998. The zero-order valence-corrected chi connectivity index (χ0v) is 16.9. The van der Waals surface area contributed by atoms with Crippen LogP contribution in [0.4, 0.5) is 5.69 Å². The van der Waals surface area contributed by atoms with E-state index in [-0.39, 0.29) is 13.2 Å². The smallest absolute Gasteiger partial charge is 0.248 e. The average molecular weight is 420 g/mol. The van der Waals surface area contributed by atoms with E-state index >= 15 is 0 Å². The maximum atomic E-state index is 11.2. The molecule has 0 spiro atoms. The monoisotopic (exact) mass is 419 g/mol. The number of piperazine rings is 1. The van der Waals surface area contributed by atoms with Gasteiger partial charge in [-0.2, -0.15) is 0 Å². The van der Waals surface area contributed by atoms with Crippen LogP contribution in [-0.2, 0) is 0 Å². The fraction of sp³-hybridized carbons (Fsp3) is 0.381. The Labute approximate surface area is 175 Å². The SMILES string of the molecule is NC(=O)c1ccc(C(O)CN2CCN(c3ccc(OCCO)cc3Cl)CC2)cc1. The van der Waals surface area contributed by atoms with Crippen LogP contribution in [0.5, 0.6) is 5.75 Å². The molecule has 7 nitrogen and oxygen atoms in total. The molecular formula is C21H26ClN3O4. The predicted molar refractivity (Wildman–Crippen MR) is 113 cm³/mol. The third-order valence-electron chi connectivity index (χ3n) is 5.00. The number of halogens is 1. The van der Waals surface area contributed by atoms with Gasteiger partial charge in [0, 0.05) is 44.4 Å². The van der Waals surface area contributed by atoms with Gasteiger partial charge in [0.05, 0.1) is 23.4 Å². The normalized spacial score (nSPS) is 15.9. The molecule has 0 aliphatic carbocycles. The Kier molecular flexibility index (Phi) is 7.33. The molecule has 1 atom stereocenters. The summed E-state index contributed by atoms with van der Waals surface area (Å²) in [7, 11) is 0. The van der Waals surface area contributed by atoms with Gasteiger partial charge in [0.25, 0.3) is 0 Å². The number of hydrogen-bond donors (Lipinski definition) is 3. The lowest BCUT2D eigenvalue weighted by atomic mass is 10.1. The Morgan fingerprint density at radius 1 is 1.14 bits per heavy atom. The van der Waals surface area contributed by atoms with E-state index in [1.165, 1.54) is 0 Å². The number of anilines is 1. The Hall–Kier alpha value is -2.32. The van der Waals surface area contributed by atoms with Gasteiger partial charge in [-0.15, -0.1) is 0 Å². The molecule has 1 fully saturated rings. The van der Waals surface area contributed by atoms with Gasteiger partial charge in [-0.25, -0.2) is 0 Å². The first-order valence-corrected chi connectivity index (χ1v) is 9.94. The van der Waals surface area contributed by atoms with Crippen molar-refractivity contribution in [3.05, 3.63) is 58.6 Å². The molecule has 1 saturated heterocycles. The van der Waals surface area contributed by atoms with E-state index in [4.69, 9.17) is 27.2 Å². The molecule has 4 N–H and O–H groups in total. The van der Waals surface area contributed by atoms with Crippen molar-refractivity contribution in [1.29, 1.82) is 0 Å². The molecule has 1 unspecified atom stereocenters. The zero-order chi connectivity index (χ0) is 20.8. The minimum atomic E-state index is -0.630. The number of carbonyl (C=O) groups excluding carboxylic acids is 1. The molecule has 29 heavy (non-hydrogen) atoms. The molecule has 0 aromatic heterocycles. The van der Waals surface area contributed by atoms with E-state index in [0.717, 1.165) is 37.4 Å². The van der Waals surface area contributed by atoms with E-state index in [1.807, 2.05) is 12.1 Å². The van der Waals surface area contributed by atoms with Crippen LogP contribution >= 0.6 is 11.6 Å². The summed E-state index contributed by atoms with van der Waals surface area (Å²) in [4.78, 5) is 15.6. The summed E-state index contributed by atoms with van der Waals surface area (Å²) in [5.74, 6) is 0.158. The number of rotatable bonds is 8. The van der Waals surface area contributed by atoms with E-state index in [1.54, 1.807) is 30.3 Å². The molecule has 0 radical (unpaired) electrons. The molecule has 0 saturated carbocycles. The lowest BCUT2D eigenvalue weighted by Gasteiger charge is -2.37. The van der Waals surface area contributed by atoms with Crippen LogP contribution < -0.4 is 15.4 Å². The van der Waals surface area contributed by atoms with Crippen molar-refractivity contribution in [1.82, 2.24) is 4.90 Å². The summed E-state index contributed by atoms with van der Waals surface area (Å²) < 4.78 is 5.39. The molecular weight excluding hydrogens is 394 g/mol. The number of hydrogen-bond acceptors (Lipinski definition) is 6. The van der Waals surface area contributed by atoms with Crippen molar-refractivity contribution in [2.24, 2.45) is 5.73 Å². The molecule has 8 heteroatoms. The van der Waals surface area contributed by atoms with E-state index in [2.05, 4.69) is 9.80 Å². The van der Waals surface area contributed by atoms with E-state index < -0.39 is 12.0 Å². The molecule has 3 rings (SSSR count). The second-order valence-corrected chi connectivity index (χ2v) is 7.38. The number of aliphatic hydroxyl groups excluding tert-OH is 2. The molecule has 156 valence electrons. The molecule has 1 aliphatic rings. The van der Waals surface area contributed by atoms with Crippen LogP contribution in [-0.4, -0.2) is 67.0 Å². The van der Waals surface area contributed by atoms with Crippen molar-refractivity contribution in [2.75, 3.05) is 50.8 Å². The second kappa shape index (κ2) is 9.93. The minimum absolute atomic E-state index is 0.0392. The number of β-amino-alcohol motifs (C(OH)–C–C–N with tert-alkyl or cyclic N) is 1. The number of primary amides is 1. The van der Waals surface area contributed by atoms with E-state index in [0.29, 0.717) is 22.9 Å². The molecule has 0 bridgehead atoms. The molecule has 1 heterocycles. The van der Waals surface area contributed by atoms with Crippen LogP contribution in [0.1, 0.15) is 22.0 Å². The highest BCUT2D eigenvalue weighted by Crippen LogP contribution is 2.30. The van der Waals surface area contributed by atoms with Crippen LogP contribution in [0.25, 0.3) is 0 Å². The molecule has 1 amide bonds. The number of nitrogens with zero attached hydrogens (tertiary/aromatic N) is 2. The largest absolute Gasteiger partial charge is 0.491 e. The quantitative estimate of drug-likeness (QED) is 0.602. The van der Waals surface area contributed by atoms with Crippen molar-refractivity contribution >= 4 is 23.2 Å². The summed E-state index contributed by atoms with van der Waals surface area (Å²) in [6, 6.07) is 12.3. The van der Waals surface area contributed by atoms with Gasteiger partial charge in [0.1, 0.15) is 12.4 Å². The van der Waals surface area contributed by atoms with Gasteiger partial charge in [0.2, 0.25) is 5.91 Å². The first kappa shape index (κ1) is 21.4. The van der Waals surface area contributed by atoms with Crippen LogP contribution in [0, 0.1) is 0 Å².